The minimum atomic E-state index is -3.56. The molecule has 0 unspecified atom stereocenters. The van der Waals surface area contributed by atoms with Gasteiger partial charge in [-0.25, -0.2) is 8.42 Å². The molecule has 0 aliphatic carbocycles. The summed E-state index contributed by atoms with van der Waals surface area (Å²) in [6, 6.07) is 8.56. The van der Waals surface area contributed by atoms with Gasteiger partial charge in [-0.05, 0) is 30.3 Å². The van der Waals surface area contributed by atoms with E-state index in [1.165, 1.54) is 17.4 Å². The maximum atomic E-state index is 12.5. The first-order valence-corrected chi connectivity index (χ1v) is 9.31. The highest BCUT2D eigenvalue weighted by Gasteiger charge is 2.23. The van der Waals surface area contributed by atoms with Crippen LogP contribution in [0.25, 0.3) is 0 Å². The molecule has 1 aromatic heterocycles. The molecule has 0 atom stereocenters. The van der Waals surface area contributed by atoms with Crippen molar-refractivity contribution in [3.8, 4) is 5.75 Å². The highest BCUT2D eigenvalue weighted by molar-refractivity contribution is 9.10. The first kappa shape index (κ1) is 16.8. The molecule has 4 nitrogen and oxygen atoms in total. The van der Waals surface area contributed by atoms with Crippen molar-refractivity contribution in [1.29, 1.82) is 0 Å². The largest absolute Gasteiger partial charge is 0.496 e. The molecule has 0 amide bonds. The lowest BCUT2D eigenvalue weighted by Crippen LogP contribution is -2.26. The summed E-state index contributed by atoms with van der Waals surface area (Å²) in [6.45, 7) is 0.209. The molecule has 0 aliphatic rings. The van der Waals surface area contributed by atoms with Gasteiger partial charge in [0.2, 0.25) is 0 Å². The lowest BCUT2D eigenvalue weighted by atomic mass is 10.2. The minimum Gasteiger partial charge on any atom is -0.496 e. The smallest absolute Gasteiger partial charge is 0.252 e. The van der Waals surface area contributed by atoms with E-state index in [9.17, 15) is 8.42 Å². The zero-order valence-electron chi connectivity index (χ0n) is 11.3. The average molecular weight is 411 g/mol. The molecule has 0 bridgehead atoms. The Hall–Kier alpha value is -0.600. The third-order valence-electron chi connectivity index (χ3n) is 2.85. The third-order valence-corrected chi connectivity index (χ3v) is 6.84. The van der Waals surface area contributed by atoms with Crippen molar-refractivity contribution in [3.05, 3.63) is 44.7 Å². The fraction of sp³-hybridized carbons (Fsp3) is 0.231. The fourth-order valence-corrected chi connectivity index (χ4v) is 5.04. The van der Waals surface area contributed by atoms with E-state index in [4.69, 9.17) is 16.3 Å². The second-order valence-electron chi connectivity index (χ2n) is 4.28. The monoisotopic (exact) mass is 409 g/mol. The molecule has 0 radical (unpaired) electrons. The number of benzene rings is 1. The van der Waals surface area contributed by atoms with Crippen LogP contribution in [-0.4, -0.2) is 26.9 Å². The number of ether oxygens (including phenoxy) is 1. The predicted molar refractivity (Wildman–Crippen MR) is 88.7 cm³/mol. The highest BCUT2D eigenvalue weighted by Crippen LogP contribution is 2.30. The number of rotatable bonds is 5. The summed E-state index contributed by atoms with van der Waals surface area (Å²) < 4.78 is 33.0. The van der Waals surface area contributed by atoms with Gasteiger partial charge in [-0.2, -0.15) is 4.31 Å². The summed E-state index contributed by atoms with van der Waals surface area (Å²) in [5.74, 6) is 0.643. The van der Waals surface area contributed by atoms with Crippen molar-refractivity contribution < 1.29 is 13.2 Å². The Labute approximate surface area is 141 Å². The van der Waals surface area contributed by atoms with Crippen LogP contribution in [0.4, 0.5) is 0 Å². The van der Waals surface area contributed by atoms with Crippen LogP contribution in [0, 0.1) is 0 Å². The lowest BCUT2D eigenvalue weighted by molar-refractivity contribution is 0.398. The number of hydrogen-bond donors (Lipinski definition) is 0. The quantitative estimate of drug-likeness (QED) is 0.748. The highest BCUT2D eigenvalue weighted by atomic mass is 79.9. The molecule has 1 heterocycles. The van der Waals surface area contributed by atoms with Gasteiger partial charge >= 0.3 is 0 Å². The molecule has 114 valence electrons. The van der Waals surface area contributed by atoms with Crippen LogP contribution in [0.1, 0.15) is 5.56 Å². The molecule has 0 aliphatic heterocycles. The van der Waals surface area contributed by atoms with Crippen molar-refractivity contribution in [2.45, 2.75) is 10.8 Å². The minimum absolute atomic E-state index is 0.209. The van der Waals surface area contributed by atoms with E-state index < -0.39 is 10.0 Å². The summed E-state index contributed by atoms with van der Waals surface area (Å²) in [6.07, 6.45) is 0. The standard InChI is InChI=1S/C13H13BrClNO3S2/c1-16(21(17,18)13-6-5-12(15)20-13)8-9-7-10(14)3-4-11(9)19-2/h3-7H,8H2,1-2H3. The first-order valence-electron chi connectivity index (χ1n) is 5.88. The molecule has 0 spiro atoms. The number of halogens is 2. The number of hydrogen-bond acceptors (Lipinski definition) is 4. The van der Waals surface area contributed by atoms with Crippen LogP contribution in [-0.2, 0) is 16.6 Å². The second kappa shape index (κ2) is 6.66. The average Bonchev–Trinajstić information content (AvgIpc) is 2.86. The van der Waals surface area contributed by atoms with E-state index in [1.54, 1.807) is 19.2 Å². The summed E-state index contributed by atoms with van der Waals surface area (Å²) in [7, 11) is -0.471. The van der Waals surface area contributed by atoms with Crippen molar-refractivity contribution >= 4 is 48.9 Å². The molecule has 1 aromatic carbocycles. The van der Waals surface area contributed by atoms with Gasteiger partial charge in [-0.1, -0.05) is 27.5 Å². The Balaban J connectivity index is 2.29. The van der Waals surface area contributed by atoms with Crippen LogP contribution in [0.5, 0.6) is 5.75 Å². The molecule has 0 fully saturated rings. The van der Waals surface area contributed by atoms with Gasteiger partial charge in [0.05, 0.1) is 11.4 Å². The van der Waals surface area contributed by atoms with Gasteiger partial charge in [0.25, 0.3) is 10.0 Å². The maximum absolute atomic E-state index is 12.5. The van der Waals surface area contributed by atoms with E-state index >= 15 is 0 Å². The van der Waals surface area contributed by atoms with Crippen LogP contribution < -0.4 is 4.74 Å². The van der Waals surface area contributed by atoms with Crippen molar-refractivity contribution in [3.63, 3.8) is 0 Å². The lowest BCUT2D eigenvalue weighted by Gasteiger charge is -2.18. The zero-order chi connectivity index (χ0) is 15.6. The zero-order valence-corrected chi connectivity index (χ0v) is 15.3. The Bertz CT molecular complexity index is 746. The molecule has 8 heteroatoms. The topological polar surface area (TPSA) is 46.6 Å². The molecule has 21 heavy (non-hydrogen) atoms. The molecular formula is C13H13BrClNO3S2. The van der Waals surface area contributed by atoms with Gasteiger partial charge in [0, 0.05) is 23.6 Å². The summed E-state index contributed by atoms with van der Waals surface area (Å²) in [4.78, 5) is 0. The first-order chi connectivity index (χ1) is 9.84. The second-order valence-corrected chi connectivity index (χ2v) is 9.18. The van der Waals surface area contributed by atoms with Crippen molar-refractivity contribution in [2.24, 2.45) is 0 Å². The molecule has 2 aromatic rings. The Morgan fingerprint density at radius 3 is 2.62 bits per heavy atom. The van der Waals surface area contributed by atoms with Crippen LogP contribution in [0.3, 0.4) is 0 Å². The molecule has 0 saturated carbocycles. The summed E-state index contributed by atoms with van der Waals surface area (Å²) in [5, 5.41) is 0. The summed E-state index contributed by atoms with van der Waals surface area (Å²) >= 11 is 10.2. The predicted octanol–water partition coefficient (Wildman–Crippen LogP) is 3.99. The molecule has 2 rings (SSSR count). The van der Waals surface area contributed by atoms with E-state index in [0.717, 1.165) is 21.4 Å². The Kier molecular flexibility index (Phi) is 5.32. The van der Waals surface area contributed by atoms with Gasteiger partial charge < -0.3 is 4.74 Å². The number of methoxy groups -OCH3 is 1. The van der Waals surface area contributed by atoms with Gasteiger partial charge in [-0.3, -0.25) is 0 Å². The van der Waals surface area contributed by atoms with E-state index in [-0.39, 0.29) is 10.8 Å². The van der Waals surface area contributed by atoms with E-state index in [0.29, 0.717) is 10.1 Å². The van der Waals surface area contributed by atoms with Crippen molar-refractivity contribution in [1.82, 2.24) is 4.31 Å². The SMILES string of the molecule is COc1ccc(Br)cc1CN(C)S(=O)(=O)c1ccc(Cl)s1. The maximum Gasteiger partial charge on any atom is 0.252 e. The van der Waals surface area contributed by atoms with Crippen molar-refractivity contribution in [2.75, 3.05) is 14.2 Å². The molecule has 0 saturated heterocycles. The molecule has 0 N–H and O–H groups in total. The van der Waals surface area contributed by atoms with Crippen LogP contribution in [0.15, 0.2) is 39.0 Å². The number of nitrogens with zero attached hydrogens (tertiary/aromatic N) is 1. The third kappa shape index (κ3) is 3.78. The number of thiophene rings is 1. The normalized spacial score (nSPS) is 11.9. The Morgan fingerprint density at radius 1 is 1.33 bits per heavy atom. The summed E-state index contributed by atoms with van der Waals surface area (Å²) in [5.41, 5.74) is 0.778. The van der Waals surface area contributed by atoms with Gasteiger partial charge in [0.1, 0.15) is 9.96 Å². The van der Waals surface area contributed by atoms with Gasteiger partial charge in [-0.15, -0.1) is 11.3 Å². The van der Waals surface area contributed by atoms with Gasteiger partial charge in [0.15, 0.2) is 0 Å². The van der Waals surface area contributed by atoms with Crippen LogP contribution in [0.2, 0.25) is 4.34 Å². The molecular weight excluding hydrogens is 398 g/mol. The Morgan fingerprint density at radius 2 is 2.05 bits per heavy atom. The van der Waals surface area contributed by atoms with Crippen LogP contribution >= 0.6 is 38.9 Å². The number of sulfonamides is 1. The van der Waals surface area contributed by atoms with E-state index in [1.807, 2.05) is 12.1 Å². The van der Waals surface area contributed by atoms with E-state index in [2.05, 4.69) is 15.9 Å². The fourth-order valence-electron chi connectivity index (χ4n) is 1.79.